The quantitative estimate of drug-likeness (QED) is 0.599. The van der Waals surface area contributed by atoms with Crippen molar-refractivity contribution in [2.75, 3.05) is 21.2 Å². The molecule has 0 radical (unpaired) electrons. The Balaban J connectivity index is 3.31. The van der Waals surface area contributed by atoms with Gasteiger partial charge in [-0.15, -0.1) is 0 Å². The Morgan fingerprint density at radius 2 is 2.08 bits per heavy atom. The first-order valence-electron chi connectivity index (χ1n) is 7.77. The molecule has 0 aromatic carbocycles. The number of hydrogen-bond donors (Lipinski definition) is 1. The van der Waals surface area contributed by atoms with E-state index >= 15 is 0 Å². The smallest absolute Gasteiger partial charge is 0.315 e. The summed E-state index contributed by atoms with van der Waals surface area (Å²) in [6.45, 7) is 11.3. The number of hydrazone groups is 1. The molecule has 0 atom stereocenters. The summed E-state index contributed by atoms with van der Waals surface area (Å²) < 4.78 is 4.91. The summed E-state index contributed by atoms with van der Waals surface area (Å²) >= 11 is 0. The summed E-state index contributed by atoms with van der Waals surface area (Å²) in [6, 6.07) is 0. The largest absolute Gasteiger partial charge is 0.468 e. The normalized spacial score (nSPS) is 16.0. The fourth-order valence-corrected chi connectivity index (χ4v) is 2.54. The molecule has 1 aliphatic rings. The third-order valence-electron chi connectivity index (χ3n) is 3.80. The maximum absolute atomic E-state index is 12.1. The van der Waals surface area contributed by atoms with Crippen LogP contribution in [0.2, 0.25) is 0 Å². The maximum atomic E-state index is 12.1. The number of methoxy groups -OCH3 is 1. The molecule has 0 spiro atoms. The van der Waals surface area contributed by atoms with E-state index in [1.54, 1.807) is 11.1 Å². The molecular formula is C18H28N4O2. The van der Waals surface area contributed by atoms with E-state index in [4.69, 9.17) is 4.74 Å². The fraction of sp³-hybridized carbons (Fsp3) is 0.444. The zero-order chi connectivity index (χ0) is 18.5. The number of ether oxygens (including phenoxy) is 1. The standard InChI is InChI=1S/C18H28N4O2/c1-9-11-15-16(22(7)20-13(3)19-15)21(6)12-14(10-2)18(4,5)17(23)24-8/h9-12H,2H2,1,3-8H3,(H,19,20)/b11-9-,14-12+. The highest BCUT2D eigenvalue weighted by Gasteiger charge is 2.32. The van der Waals surface area contributed by atoms with Crippen molar-refractivity contribution < 1.29 is 9.53 Å². The molecule has 0 amide bonds. The molecule has 24 heavy (non-hydrogen) atoms. The lowest BCUT2D eigenvalue weighted by atomic mass is 9.84. The van der Waals surface area contributed by atoms with E-state index in [1.807, 2.05) is 65.0 Å². The lowest BCUT2D eigenvalue weighted by Crippen LogP contribution is -2.37. The molecule has 0 bridgehead atoms. The zero-order valence-corrected chi connectivity index (χ0v) is 15.7. The van der Waals surface area contributed by atoms with E-state index in [2.05, 4.69) is 17.0 Å². The van der Waals surface area contributed by atoms with Gasteiger partial charge in [-0.25, -0.2) is 5.01 Å². The van der Waals surface area contributed by atoms with Crippen molar-refractivity contribution in [1.82, 2.24) is 15.2 Å². The Hall–Kier alpha value is -2.50. The van der Waals surface area contributed by atoms with Gasteiger partial charge in [-0.1, -0.05) is 18.7 Å². The van der Waals surface area contributed by atoms with Gasteiger partial charge in [0, 0.05) is 20.3 Å². The Bertz CT molecular complexity index is 627. The first-order chi connectivity index (χ1) is 11.2. The second-order valence-electron chi connectivity index (χ2n) is 6.09. The number of allylic oxidation sites excluding steroid dienone is 3. The second kappa shape index (κ2) is 7.86. The molecule has 6 heteroatoms. The van der Waals surface area contributed by atoms with Gasteiger partial charge in [0.25, 0.3) is 0 Å². The van der Waals surface area contributed by atoms with Gasteiger partial charge in [0.15, 0.2) is 5.82 Å². The molecule has 0 fully saturated rings. The number of hydrogen-bond acceptors (Lipinski definition) is 6. The third-order valence-corrected chi connectivity index (χ3v) is 3.80. The Morgan fingerprint density at radius 3 is 2.58 bits per heavy atom. The van der Waals surface area contributed by atoms with E-state index in [1.165, 1.54) is 7.11 Å². The zero-order valence-electron chi connectivity index (χ0n) is 15.7. The van der Waals surface area contributed by atoms with Crippen LogP contribution in [0.5, 0.6) is 0 Å². The van der Waals surface area contributed by atoms with Crippen LogP contribution in [0.25, 0.3) is 0 Å². The molecule has 0 unspecified atom stereocenters. The Morgan fingerprint density at radius 1 is 1.46 bits per heavy atom. The molecular weight excluding hydrogens is 304 g/mol. The van der Waals surface area contributed by atoms with E-state index in [0.717, 1.165) is 22.9 Å². The minimum atomic E-state index is -0.800. The second-order valence-corrected chi connectivity index (χ2v) is 6.09. The van der Waals surface area contributed by atoms with E-state index in [-0.39, 0.29) is 5.97 Å². The van der Waals surface area contributed by atoms with Crippen molar-refractivity contribution in [1.29, 1.82) is 0 Å². The molecule has 1 rings (SSSR count). The van der Waals surface area contributed by atoms with Crippen LogP contribution < -0.4 is 5.32 Å². The average Bonchev–Trinajstić information content (AvgIpc) is 2.50. The van der Waals surface area contributed by atoms with Gasteiger partial charge < -0.3 is 15.0 Å². The summed E-state index contributed by atoms with van der Waals surface area (Å²) in [4.78, 5) is 14.0. The van der Waals surface area contributed by atoms with Crippen LogP contribution in [0.4, 0.5) is 0 Å². The molecule has 0 aliphatic carbocycles. The van der Waals surface area contributed by atoms with Gasteiger partial charge in [-0.3, -0.25) is 4.79 Å². The van der Waals surface area contributed by atoms with Crippen LogP contribution in [0.3, 0.4) is 0 Å². The van der Waals surface area contributed by atoms with Crippen molar-refractivity contribution in [3.05, 3.63) is 48.1 Å². The topological polar surface area (TPSA) is 57.2 Å². The Kier molecular flexibility index (Phi) is 6.40. The van der Waals surface area contributed by atoms with E-state index < -0.39 is 5.41 Å². The molecule has 1 heterocycles. The minimum Gasteiger partial charge on any atom is -0.468 e. The SMILES string of the molecule is C=C/C(=C\N(C)C1=C(/C=C\C)NC(C)=NN1C)C(C)(C)C(=O)OC. The molecule has 132 valence electrons. The van der Waals surface area contributed by atoms with Crippen molar-refractivity contribution in [3.63, 3.8) is 0 Å². The van der Waals surface area contributed by atoms with Crippen LogP contribution in [0.15, 0.2) is 53.2 Å². The number of rotatable bonds is 6. The summed E-state index contributed by atoms with van der Waals surface area (Å²) in [5.74, 6) is 1.36. The van der Waals surface area contributed by atoms with Crippen molar-refractivity contribution >= 4 is 11.8 Å². The van der Waals surface area contributed by atoms with Crippen LogP contribution in [-0.2, 0) is 9.53 Å². The number of carbonyl (C=O) groups is 1. The fourth-order valence-electron chi connectivity index (χ4n) is 2.54. The molecule has 6 nitrogen and oxygen atoms in total. The summed E-state index contributed by atoms with van der Waals surface area (Å²) in [5.41, 5.74) is 0.876. The van der Waals surface area contributed by atoms with Crippen LogP contribution >= 0.6 is 0 Å². The predicted molar refractivity (Wildman–Crippen MR) is 97.7 cm³/mol. The van der Waals surface area contributed by atoms with Gasteiger partial charge in [0.05, 0.1) is 18.2 Å². The van der Waals surface area contributed by atoms with Crippen molar-refractivity contribution in [2.45, 2.75) is 27.7 Å². The number of amidine groups is 1. The van der Waals surface area contributed by atoms with Crippen LogP contribution in [0.1, 0.15) is 27.7 Å². The molecule has 1 N–H and O–H groups in total. The van der Waals surface area contributed by atoms with Gasteiger partial charge in [-0.2, -0.15) is 5.10 Å². The highest BCUT2D eigenvalue weighted by Crippen LogP contribution is 2.30. The predicted octanol–water partition coefficient (Wildman–Crippen LogP) is 2.80. The number of esters is 1. The number of carbonyl (C=O) groups excluding carboxylic acids is 1. The highest BCUT2D eigenvalue weighted by atomic mass is 16.5. The van der Waals surface area contributed by atoms with E-state index in [0.29, 0.717) is 0 Å². The monoisotopic (exact) mass is 332 g/mol. The van der Waals surface area contributed by atoms with Crippen molar-refractivity contribution in [2.24, 2.45) is 10.5 Å². The van der Waals surface area contributed by atoms with E-state index in [9.17, 15) is 4.79 Å². The highest BCUT2D eigenvalue weighted by molar-refractivity contribution is 5.82. The van der Waals surface area contributed by atoms with Crippen LogP contribution in [0, 0.1) is 5.41 Å². The first kappa shape index (κ1) is 19.5. The molecule has 0 saturated heterocycles. The molecule has 1 aliphatic heterocycles. The van der Waals surface area contributed by atoms with Crippen LogP contribution in [-0.4, -0.2) is 42.9 Å². The molecule has 0 saturated carbocycles. The minimum absolute atomic E-state index is 0.311. The summed E-state index contributed by atoms with van der Waals surface area (Å²) in [7, 11) is 5.17. The third kappa shape index (κ3) is 4.07. The van der Waals surface area contributed by atoms with Gasteiger partial charge in [-0.05, 0) is 39.3 Å². The number of nitrogens with zero attached hydrogens (tertiary/aromatic N) is 3. The van der Waals surface area contributed by atoms with Crippen molar-refractivity contribution in [3.8, 4) is 0 Å². The van der Waals surface area contributed by atoms with Gasteiger partial charge >= 0.3 is 5.97 Å². The summed E-state index contributed by atoms with van der Waals surface area (Å²) in [6.07, 6.45) is 7.48. The maximum Gasteiger partial charge on any atom is 0.315 e. The molecule has 0 aromatic rings. The number of nitrogens with one attached hydrogen (secondary N) is 1. The van der Waals surface area contributed by atoms with Gasteiger partial charge in [0.2, 0.25) is 0 Å². The Labute approximate surface area is 144 Å². The lowest BCUT2D eigenvalue weighted by molar-refractivity contribution is -0.148. The lowest BCUT2D eigenvalue weighted by Gasteiger charge is -2.33. The van der Waals surface area contributed by atoms with Gasteiger partial charge in [0.1, 0.15) is 5.84 Å². The summed E-state index contributed by atoms with van der Waals surface area (Å²) in [5, 5.41) is 9.47. The first-order valence-corrected chi connectivity index (χ1v) is 7.77. The average molecular weight is 332 g/mol. The molecule has 0 aromatic heterocycles.